The molecule has 146 valence electrons. The van der Waals surface area contributed by atoms with Crippen LogP contribution in [0.4, 0.5) is 0 Å². The van der Waals surface area contributed by atoms with Gasteiger partial charge in [-0.15, -0.1) is 0 Å². The number of aromatic nitrogens is 1. The van der Waals surface area contributed by atoms with Crippen LogP contribution in [0.2, 0.25) is 0 Å². The normalized spacial score (nSPS) is 11.8. The number of para-hydroxylation sites is 1. The van der Waals surface area contributed by atoms with Crippen LogP contribution in [0, 0.1) is 0 Å². The van der Waals surface area contributed by atoms with E-state index in [4.69, 9.17) is 4.74 Å². The molecule has 0 aliphatic carbocycles. The van der Waals surface area contributed by atoms with Crippen molar-refractivity contribution >= 4 is 22.7 Å². The Kier molecular flexibility index (Phi) is 6.32. The van der Waals surface area contributed by atoms with Crippen LogP contribution in [-0.4, -0.2) is 37.0 Å². The van der Waals surface area contributed by atoms with Gasteiger partial charge in [0.05, 0.1) is 7.11 Å². The van der Waals surface area contributed by atoms with Crippen molar-refractivity contribution in [2.75, 3.05) is 20.2 Å². The molecule has 2 amide bonds. The average molecular weight is 379 g/mol. The molecule has 0 aliphatic heterocycles. The Labute approximate surface area is 164 Å². The lowest BCUT2D eigenvalue weighted by Gasteiger charge is -2.19. The zero-order valence-electron chi connectivity index (χ0n) is 16.1. The highest BCUT2D eigenvalue weighted by Crippen LogP contribution is 2.31. The first kappa shape index (κ1) is 19.5. The summed E-state index contributed by atoms with van der Waals surface area (Å²) in [5, 5.41) is 6.78. The fraction of sp³-hybridized carbons (Fsp3) is 0.273. The van der Waals surface area contributed by atoms with Gasteiger partial charge in [0.25, 0.3) is 0 Å². The number of ether oxygens (including phenoxy) is 1. The molecular formula is C22H25N3O3. The average Bonchev–Trinajstić information content (AvgIpc) is 3.12. The molecule has 0 saturated carbocycles. The quantitative estimate of drug-likeness (QED) is 0.563. The lowest BCUT2D eigenvalue weighted by atomic mass is 9.90. The molecule has 28 heavy (non-hydrogen) atoms. The number of H-pyrrole nitrogens is 1. The zero-order chi connectivity index (χ0) is 19.9. The molecule has 1 atom stereocenters. The molecule has 1 unspecified atom stereocenters. The third kappa shape index (κ3) is 4.71. The molecule has 6 nitrogen and oxygen atoms in total. The molecule has 0 saturated heterocycles. The van der Waals surface area contributed by atoms with Gasteiger partial charge in [0.15, 0.2) is 0 Å². The number of aromatic amines is 1. The fourth-order valence-corrected chi connectivity index (χ4v) is 3.28. The number of hydrogen-bond acceptors (Lipinski definition) is 3. The Morgan fingerprint density at radius 3 is 2.54 bits per heavy atom. The minimum absolute atomic E-state index is 0.00762. The predicted octanol–water partition coefficient (Wildman–Crippen LogP) is 2.95. The van der Waals surface area contributed by atoms with Gasteiger partial charge < -0.3 is 20.4 Å². The first-order valence-corrected chi connectivity index (χ1v) is 9.29. The lowest BCUT2D eigenvalue weighted by molar-refractivity contribution is -0.121. The summed E-state index contributed by atoms with van der Waals surface area (Å²) >= 11 is 0. The Balaban J connectivity index is 1.80. The van der Waals surface area contributed by atoms with Gasteiger partial charge in [-0.25, -0.2) is 0 Å². The minimum atomic E-state index is -0.136. The molecule has 0 aliphatic rings. The number of fused-ring (bicyclic) bond motifs is 1. The molecule has 0 spiro atoms. The summed E-state index contributed by atoms with van der Waals surface area (Å²) in [6.45, 7) is 2.24. The largest absolute Gasteiger partial charge is 0.497 e. The van der Waals surface area contributed by atoms with Crippen molar-refractivity contribution in [3.63, 3.8) is 0 Å². The van der Waals surface area contributed by atoms with Gasteiger partial charge in [-0.1, -0.05) is 30.3 Å². The van der Waals surface area contributed by atoms with Crippen molar-refractivity contribution in [2.45, 2.75) is 19.3 Å². The number of amides is 2. The lowest BCUT2D eigenvalue weighted by Crippen LogP contribution is -2.32. The summed E-state index contributed by atoms with van der Waals surface area (Å²) in [6.07, 6.45) is 2.26. The van der Waals surface area contributed by atoms with Crippen LogP contribution in [0.5, 0.6) is 5.75 Å². The summed E-state index contributed by atoms with van der Waals surface area (Å²) in [6, 6.07) is 16.0. The molecule has 3 rings (SSSR count). The van der Waals surface area contributed by atoms with Crippen LogP contribution >= 0.6 is 0 Å². The Bertz CT molecular complexity index is 947. The number of hydrogen-bond donors (Lipinski definition) is 3. The summed E-state index contributed by atoms with van der Waals surface area (Å²) in [5.74, 6) is 0.558. The highest BCUT2D eigenvalue weighted by Gasteiger charge is 2.19. The molecule has 3 N–H and O–H groups in total. The second-order valence-corrected chi connectivity index (χ2v) is 6.65. The first-order chi connectivity index (χ1) is 13.6. The maximum atomic E-state index is 12.2. The smallest absolute Gasteiger partial charge is 0.221 e. The van der Waals surface area contributed by atoms with Crippen molar-refractivity contribution in [1.82, 2.24) is 15.6 Å². The summed E-state index contributed by atoms with van der Waals surface area (Å²) in [7, 11) is 1.64. The monoisotopic (exact) mass is 379 g/mol. The maximum Gasteiger partial charge on any atom is 0.221 e. The van der Waals surface area contributed by atoms with Crippen LogP contribution in [0.3, 0.4) is 0 Å². The van der Waals surface area contributed by atoms with Gasteiger partial charge in [0, 0.05) is 49.5 Å². The number of carbonyl (C=O) groups excluding carboxylic acids is 2. The molecular weight excluding hydrogens is 354 g/mol. The van der Waals surface area contributed by atoms with E-state index in [1.165, 1.54) is 6.92 Å². The predicted molar refractivity (Wildman–Crippen MR) is 109 cm³/mol. The number of benzene rings is 2. The van der Waals surface area contributed by atoms with Crippen LogP contribution < -0.4 is 15.4 Å². The van der Waals surface area contributed by atoms with Gasteiger partial charge in [0.1, 0.15) is 5.75 Å². The molecule has 2 aromatic carbocycles. The Morgan fingerprint density at radius 1 is 1.07 bits per heavy atom. The summed E-state index contributed by atoms with van der Waals surface area (Å²) in [4.78, 5) is 26.5. The van der Waals surface area contributed by atoms with Gasteiger partial charge in [-0.05, 0) is 29.3 Å². The van der Waals surface area contributed by atoms with Crippen molar-refractivity contribution in [3.05, 3.63) is 65.9 Å². The highest BCUT2D eigenvalue weighted by atomic mass is 16.5. The van der Waals surface area contributed by atoms with E-state index in [0.717, 1.165) is 27.8 Å². The van der Waals surface area contributed by atoms with Gasteiger partial charge in [-0.2, -0.15) is 0 Å². The van der Waals surface area contributed by atoms with Crippen LogP contribution in [-0.2, 0) is 9.59 Å². The van der Waals surface area contributed by atoms with Gasteiger partial charge in [-0.3, -0.25) is 9.59 Å². The fourth-order valence-electron chi connectivity index (χ4n) is 3.28. The number of carbonyl (C=O) groups is 2. The van der Waals surface area contributed by atoms with Crippen molar-refractivity contribution in [3.8, 4) is 5.75 Å². The van der Waals surface area contributed by atoms with Gasteiger partial charge in [0.2, 0.25) is 11.8 Å². The van der Waals surface area contributed by atoms with Crippen LogP contribution in [0.25, 0.3) is 10.9 Å². The molecule has 3 aromatic rings. The Hall–Kier alpha value is -3.28. The Morgan fingerprint density at radius 2 is 1.82 bits per heavy atom. The maximum absolute atomic E-state index is 12.2. The second kappa shape index (κ2) is 9.08. The standard InChI is InChI=1S/C22H25N3O3/c1-15(26)23-12-11-22(27)25-13-19(16-7-9-17(28-2)10-8-16)20-14-24-21-6-4-3-5-18(20)21/h3-10,14,19,24H,11-13H2,1-2H3,(H,23,26)(H,25,27). The first-order valence-electron chi connectivity index (χ1n) is 9.29. The minimum Gasteiger partial charge on any atom is -0.497 e. The van der Waals surface area contributed by atoms with Crippen molar-refractivity contribution < 1.29 is 14.3 Å². The summed E-state index contributed by atoms with van der Waals surface area (Å²) < 4.78 is 5.26. The van der Waals surface area contributed by atoms with Crippen LogP contribution in [0.15, 0.2) is 54.7 Å². The molecule has 0 bridgehead atoms. The molecule has 0 radical (unpaired) electrons. The topological polar surface area (TPSA) is 83.2 Å². The van der Waals surface area contributed by atoms with Crippen molar-refractivity contribution in [2.24, 2.45) is 0 Å². The third-order valence-electron chi connectivity index (χ3n) is 4.74. The summed E-state index contributed by atoms with van der Waals surface area (Å²) in [5.41, 5.74) is 3.28. The van der Waals surface area contributed by atoms with Gasteiger partial charge >= 0.3 is 0 Å². The molecule has 1 aromatic heterocycles. The van der Waals surface area contributed by atoms with E-state index < -0.39 is 0 Å². The molecule has 0 fully saturated rings. The van der Waals surface area contributed by atoms with E-state index in [1.54, 1.807) is 7.11 Å². The molecule has 6 heteroatoms. The number of rotatable bonds is 8. The second-order valence-electron chi connectivity index (χ2n) is 6.65. The molecule has 1 heterocycles. The highest BCUT2D eigenvalue weighted by molar-refractivity contribution is 5.84. The third-order valence-corrected chi connectivity index (χ3v) is 4.74. The zero-order valence-corrected chi connectivity index (χ0v) is 16.1. The van der Waals surface area contributed by atoms with Crippen LogP contribution in [0.1, 0.15) is 30.4 Å². The van der Waals surface area contributed by atoms with Crippen molar-refractivity contribution in [1.29, 1.82) is 0 Å². The van der Waals surface area contributed by atoms with E-state index in [-0.39, 0.29) is 24.2 Å². The van der Waals surface area contributed by atoms with E-state index in [1.807, 2.05) is 48.7 Å². The SMILES string of the molecule is COc1ccc(C(CNC(=O)CCNC(C)=O)c2c[nH]c3ccccc23)cc1. The van der Waals surface area contributed by atoms with E-state index >= 15 is 0 Å². The van der Waals surface area contributed by atoms with E-state index in [2.05, 4.69) is 21.7 Å². The van der Waals surface area contributed by atoms with E-state index in [0.29, 0.717) is 13.1 Å². The number of nitrogens with one attached hydrogen (secondary N) is 3. The van der Waals surface area contributed by atoms with E-state index in [9.17, 15) is 9.59 Å². The number of methoxy groups -OCH3 is 1.